The van der Waals surface area contributed by atoms with Crippen LogP contribution in [0.2, 0.25) is 0 Å². The largest absolute Gasteiger partial charge is 1.00 e. The van der Waals surface area contributed by atoms with Crippen LogP contribution in [0.15, 0.2) is 29.8 Å². The van der Waals surface area contributed by atoms with Gasteiger partial charge >= 0.3 is 0 Å². The summed E-state index contributed by atoms with van der Waals surface area (Å²) in [6.07, 6.45) is 12.2. The smallest absolute Gasteiger partial charge is 0.226 e. The van der Waals surface area contributed by atoms with E-state index in [4.69, 9.17) is 0 Å². The standard InChI is InChI=1S/C19H30NS.HI/c1-3-5-7-9-13-17(12-8-6-4-2)20-16-21-19-15-11-10-14-18(19)20;/h10-11,14-17H,3-9,12-13H2,1-2H3;1H/q+1;/p-1. The highest BCUT2D eigenvalue weighted by Gasteiger charge is 2.22. The van der Waals surface area contributed by atoms with Crippen LogP contribution in [0.5, 0.6) is 0 Å². The van der Waals surface area contributed by atoms with E-state index in [1.807, 2.05) is 11.3 Å². The zero-order chi connectivity index (χ0) is 14.9. The van der Waals surface area contributed by atoms with Crippen LogP contribution in [0, 0.1) is 0 Å². The quantitative estimate of drug-likeness (QED) is 0.309. The fraction of sp³-hybridized carbons (Fsp3) is 0.632. The zero-order valence-corrected chi connectivity index (χ0v) is 17.0. The van der Waals surface area contributed by atoms with Crippen molar-refractivity contribution in [1.82, 2.24) is 0 Å². The average Bonchev–Trinajstić information content (AvgIpc) is 2.94. The van der Waals surface area contributed by atoms with Gasteiger partial charge in [0.05, 0.1) is 0 Å². The summed E-state index contributed by atoms with van der Waals surface area (Å²) in [6, 6.07) is 9.55. The van der Waals surface area contributed by atoms with E-state index in [-0.39, 0.29) is 24.0 Å². The number of unbranched alkanes of at least 4 members (excludes halogenated alkanes) is 5. The molecule has 0 spiro atoms. The van der Waals surface area contributed by atoms with Gasteiger partial charge in [0.15, 0.2) is 6.04 Å². The van der Waals surface area contributed by atoms with Gasteiger partial charge in [-0.3, -0.25) is 0 Å². The molecule has 3 heteroatoms. The number of para-hydroxylation sites is 1. The molecule has 1 aromatic carbocycles. The molecule has 0 aliphatic rings. The molecule has 0 aliphatic heterocycles. The molecule has 1 unspecified atom stereocenters. The van der Waals surface area contributed by atoms with Crippen molar-refractivity contribution in [3.8, 4) is 0 Å². The predicted octanol–water partition coefficient (Wildman–Crippen LogP) is 3.28. The lowest BCUT2D eigenvalue weighted by Gasteiger charge is -2.11. The SMILES string of the molecule is CCCCCCC(CCCCC)[n+]1csc2ccccc21.[I-]. The maximum Gasteiger partial charge on any atom is 0.226 e. The Hall–Kier alpha value is -0.160. The van der Waals surface area contributed by atoms with Crippen molar-refractivity contribution in [2.24, 2.45) is 0 Å². The average molecular weight is 431 g/mol. The molecule has 0 aliphatic carbocycles. The molecule has 0 radical (unpaired) electrons. The molecule has 124 valence electrons. The molecule has 2 rings (SSSR count). The second-order valence-corrected chi connectivity index (χ2v) is 6.98. The first-order valence-corrected chi connectivity index (χ1v) is 9.62. The summed E-state index contributed by atoms with van der Waals surface area (Å²) in [6.45, 7) is 4.59. The van der Waals surface area contributed by atoms with Gasteiger partial charge in [-0.2, -0.15) is 4.57 Å². The number of aromatic nitrogens is 1. The summed E-state index contributed by atoms with van der Waals surface area (Å²) in [7, 11) is 0. The van der Waals surface area contributed by atoms with Gasteiger partial charge in [-0.05, 0) is 18.9 Å². The highest BCUT2D eigenvalue weighted by molar-refractivity contribution is 7.16. The Morgan fingerprint density at radius 3 is 2.27 bits per heavy atom. The van der Waals surface area contributed by atoms with Crippen LogP contribution in [0.3, 0.4) is 0 Å². The van der Waals surface area contributed by atoms with E-state index in [9.17, 15) is 0 Å². The Bertz CT molecular complexity index is 523. The van der Waals surface area contributed by atoms with Gasteiger partial charge < -0.3 is 24.0 Å². The van der Waals surface area contributed by atoms with Crippen molar-refractivity contribution in [2.45, 2.75) is 77.7 Å². The van der Waals surface area contributed by atoms with Crippen LogP contribution in [-0.4, -0.2) is 0 Å². The topological polar surface area (TPSA) is 3.88 Å². The van der Waals surface area contributed by atoms with Gasteiger partial charge in [-0.25, -0.2) is 0 Å². The highest BCUT2D eigenvalue weighted by Crippen LogP contribution is 2.23. The summed E-state index contributed by atoms with van der Waals surface area (Å²) < 4.78 is 3.98. The Morgan fingerprint density at radius 2 is 1.55 bits per heavy atom. The summed E-state index contributed by atoms with van der Waals surface area (Å²) in [5.41, 5.74) is 3.78. The van der Waals surface area contributed by atoms with Crippen LogP contribution in [0.4, 0.5) is 0 Å². The van der Waals surface area contributed by atoms with Crippen molar-refractivity contribution in [1.29, 1.82) is 0 Å². The van der Waals surface area contributed by atoms with Crippen LogP contribution in [-0.2, 0) is 0 Å². The fourth-order valence-corrected chi connectivity index (χ4v) is 4.05. The van der Waals surface area contributed by atoms with Crippen molar-refractivity contribution < 1.29 is 28.5 Å². The van der Waals surface area contributed by atoms with Gasteiger partial charge in [-0.15, -0.1) is 0 Å². The van der Waals surface area contributed by atoms with Gasteiger partial charge in [0.1, 0.15) is 4.70 Å². The van der Waals surface area contributed by atoms with Crippen molar-refractivity contribution >= 4 is 21.6 Å². The molecule has 0 saturated carbocycles. The third-order valence-corrected chi connectivity index (χ3v) is 5.29. The molecule has 2 aromatic rings. The first-order valence-electron chi connectivity index (χ1n) is 8.74. The van der Waals surface area contributed by atoms with Crippen molar-refractivity contribution in [2.75, 3.05) is 0 Å². The predicted molar refractivity (Wildman–Crippen MR) is 94.0 cm³/mol. The number of benzene rings is 1. The van der Waals surface area contributed by atoms with Gasteiger partial charge in [-0.1, -0.05) is 69.4 Å². The number of hydrogen-bond donors (Lipinski definition) is 0. The second kappa shape index (κ2) is 11.4. The number of nitrogens with zero attached hydrogens (tertiary/aromatic N) is 1. The highest BCUT2D eigenvalue weighted by atomic mass is 127. The van der Waals surface area contributed by atoms with E-state index in [0.717, 1.165) is 0 Å². The summed E-state index contributed by atoms with van der Waals surface area (Å²) in [5, 5.41) is 0. The molecule has 1 heterocycles. The molecule has 1 atom stereocenters. The summed E-state index contributed by atoms with van der Waals surface area (Å²) in [4.78, 5) is 0. The summed E-state index contributed by atoms with van der Waals surface area (Å²) >= 11 is 1.89. The maximum atomic E-state index is 2.56. The van der Waals surface area contributed by atoms with Crippen LogP contribution >= 0.6 is 11.3 Å². The van der Waals surface area contributed by atoms with Gasteiger partial charge in [0.2, 0.25) is 11.0 Å². The molecule has 0 fully saturated rings. The number of rotatable bonds is 10. The molecule has 0 amide bonds. The molecule has 0 saturated heterocycles. The lowest BCUT2D eigenvalue weighted by atomic mass is 10.0. The third-order valence-electron chi connectivity index (χ3n) is 4.36. The van der Waals surface area contributed by atoms with Crippen molar-refractivity contribution in [3.63, 3.8) is 0 Å². The second-order valence-electron chi connectivity index (χ2n) is 6.10. The number of fused-ring (bicyclic) bond motifs is 1. The molecule has 22 heavy (non-hydrogen) atoms. The number of thiazole rings is 1. The van der Waals surface area contributed by atoms with Crippen LogP contribution in [0.1, 0.15) is 77.7 Å². The minimum atomic E-state index is 0. The Balaban J connectivity index is 0.00000242. The van der Waals surface area contributed by atoms with Gasteiger partial charge in [0.25, 0.3) is 0 Å². The zero-order valence-electron chi connectivity index (χ0n) is 14.1. The molecular weight excluding hydrogens is 401 g/mol. The lowest BCUT2D eigenvalue weighted by molar-refractivity contribution is -0.696. The molecule has 1 nitrogen and oxygen atoms in total. The monoisotopic (exact) mass is 431 g/mol. The van der Waals surface area contributed by atoms with Gasteiger partial charge in [0, 0.05) is 18.9 Å². The first kappa shape index (κ1) is 19.9. The molecule has 1 aromatic heterocycles. The lowest BCUT2D eigenvalue weighted by Crippen LogP contribution is -3.00. The first-order chi connectivity index (χ1) is 10.4. The van der Waals surface area contributed by atoms with Crippen LogP contribution < -0.4 is 28.5 Å². The Labute approximate surface area is 157 Å². The van der Waals surface area contributed by atoms with Crippen LogP contribution in [0.25, 0.3) is 10.2 Å². The van der Waals surface area contributed by atoms with E-state index in [1.54, 1.807) is 0 Å². The summed E-state index contributed by atoms with van der Waals surface area (Å²) in [5.74, 6) is 0. The van der Waals surface area contributed by atoms with E-state index in [0.29, 0.717) is 6.04 Å². The fourth-order valence-electron chi connectivity index (χ4n) is 3.08. The van der Waals surface area contributed by atoms with E-state index >= 15 is 0 Å². The minimum absolute atomic E-state index is 0. The molecular formula is C19H30INS. The minimum Gasteiger partial charge on any atom is -1.00 e. The third kappa shape index (κ3) is 5.80. The number of hydrogen-bond acceptors (Lipinski definition) is 1. The van der Waals surface area contributed by atoms with E-state index < -0.39 is 0 Å². The Morgan fingerprint density at radius 1 is 0.909 bits per heavy atom. The molecule has 0 bridgehead atoms. The van der Waals surface area contributed by atoms with E-state index in [2.05, 4.69) is 48.2 Å². The maximum absolute atomic E-state index is 2.56. The van der Waals surface area contributed by atoms with E-state index in [1.165, 1.54) is 68.0 Å². The normalized spacial score (nSPS) is 12.3. The Kier molecular flexibility index (Phi) is 10.3. The van der Waals surface area contributed by atoms with Crippen molar-refractivity contribution in [3.05, 3.63) is 29.8 Å². The number of halogens is 1. The molecule has 0 N–H and O–H groups in total.